The first-order valence-electron chi connectivity index (χ1n) is 22.1. The molecule has 3 unspecified atom stereocenters. The van der Waals surface area contributed by atoms with E-state index in [1.165, 1.54) is 19.1 Å². The summed E-state index contributed by atoms with van der Waals surface area (Å²) in [6.45, 7) is -5.07. The van der Waals surface area contributed by atoms with Crippen molar-refractivity contribution in [2.75, 3.05) is 6.61 Å². The van der Waals surface area contributed by atoms with Gasteiger partial charge in [0.2, 0.25) is 5.78 Å². The van der Waals surface area contributed by atoms with E-state index in [1.807, 2.05) is 6.92 Å². The first-order valence-corrected chi connectivity index (χ1v) is 13.1. The largest absolute Gasteiger partial charge is 0.457 e. The Bertz CT molecular complexity index is 1780. The highest BCUT2D eigenvalue weighted by atomic mass is 16.7. The molecule has 7 heteroatoms. The Hall–Kier alpha value is -1.83. The fourth-order valence-electron chi connectivity index (χ4n) is 8.26. The predicted molar refractivity (Wildman–Crippen MR) is 143 cm³/mol. The van der Waals surface area contributed by atoms with Crippen LogP contribution in [0.25, 0.3) is 0 Å². The van der Waals surface area contributed by atoms with Crippen LogP contribution < -0.4 is 0 Å². The number of ketones is 2. The van der Waals surface area contributed by atoms with Gasteiger partial charge in [0.25, 0.3) is 0 Å². The van der Waals surface area contributed by atoms with Crippen LogP contribution in [0.1, 0.15) is 110 Å². The summed E-state index contributed by atoms with van der Waals surface area (Å²) in [5.41, 5.74) is -4.60. The average molecular weight is 559 g/mol. The zero-order chi connectivity index (χ0) is 43.6. The van der Waals surface area contributed by atoms with Crippen LogP contribution in [-0.2, 0) is 28.6 Å². The van der Waals surface area contributed by atoms with Crippen molar-refractivity contribution in [2.24, 2.45) is 40.4 Å². The zero-order valence-electron chi connectivity index (χ0n) is 39.6. The molecule has 0 bridgehead atoms. The molecule has 4 saturated carbocycles. The number of hydrogen-bond donors (Lipinski definition) is 1. The number of allylic oxidation sites excluding steroid dienone is 4. The fraction of sp³-hybridized carbons (Fsp3) is 0.781. The maximum atomic E-state index is 14.8. The van der Waals surface area contributed by atoms with Gasteiger partial charge in [-0.25, -0.2) is 0 Å². The Morgan fingerprint density at radius 3 is 2.79 bits per heavy atom. The molecule has 0 aromatic carbocycles. The molecule has 0 aromatic rings. The lowest BCUT2D eigenvalue weighted by atomic mass is 9.46. The zero-order valence-corrected chi connectivity index (χ0v) is 21.6. The summed E-state index contributed by atoms with van der Waals surface area (Å²) >= 11 is 0. The van der Waals surface area contributed by atoms with Crippen molar-refractivity contribution in [3.8, 4) is 0 Å². The highest BCUT2D eigenvalue weighted by molar-refractivity contribution is 6.01. The monoisotopic (exact) mass is 558 g/mol. The quantitative estimate of drug-likeness (QED) is 0.488. The molecular formula is C32H44O7. The highest BCUT2D eigenvalue weighted by Gasteiger charge is 2.76. The fourth-order valence-corrected chi connectivity index (χ4v) is 8.26. The Balaban J connectivity index is 1.50. The molecule has 5 fully saturated rings. The van der Waals surface area contributed by atoms with Crippen molar-refractivity contribution in [1.29, 1.82) is 0 Å². The van der Waals surface area contributed by atoms with Gasteiger partial charge in [0.05, 0.1) is 19.5 Å². The number of fused-ring (bicyclic) bond motifs is 7. The van der Waals surface area contributed by atoms with Crippen molar-refractivity contribution < 1.29 is 58.4 Å². The Labute approximate surface area is 257 Å². The SMILES string of the molecule is [2H]C([2H])([2H])C(C(=O)OCC(=O)[C@@]12O[C@@]([2H])(C3([2H])C([2H])([2H])C([2H])([2H])C([2H])([2H])C([2H])([2H])C3([2H])[2H])O[C@H]1CC1C3CCC4=CC(=O)C=C[C@]4(C)C3[C@@H](O)C[C@@]12C)C([2H])([2H])[2H]. The molecule has 0 aromatic heterocycles. The van der Waals surface area contributed by atoms with Crippen LogP contribution in [0.3, 0.4) is 0 Å². The van der Waals surface area contributed by atoms with Gasteiger partial charge >= 0.3 is 5.97 Å². The first-order chi connectivity index (χ1) is 25.4. The Morgan fingerprint density at radius 1 is 1.28 bits per heavy atom. The van der Waals surface area contributed by atoms with Crippen LogP contribution in [-0.4, -0.2) is 53.3 Å². The third-order valence-corrected chi connectivity index (χ3v) is 9.86. The average Bonchev–Trinajstić information content (AvgIpc) is 3.48. The van der Waals surface area contributed by atoms with E-state index in [0.717, 1.165) is 5.57 Å². The Morgan fingerprint density at radius 2 is 2.05 bits per heavy atom. The van der Waals surface area contributed by atoms with Gasteiger partial charge in [0.15, 0.2) is 24.3 Å². The van der Waals surface area contributed by atoms with Crippen LogP contribution in [0.4, 0.5) is 0 Å². The molecule has 0 radical (unpaired) electrons. The summed E-state index contributed by atoms with van der Waals surface area (Å²) in [5.74, 6) is -12.2. The lowest BCUT2D eigenvalue weighted by molar-refractivity contribution is -0.210. The first kappa shape index (κ1) is 13.4. The second kappa shape index (κ2) is 9.63. The molecule has 39 heavy (non-hydrogen) atoms. The molecule has 1 aliphatic heterocycles. The molecule has 0 amide bonds. The van der Waals surface area contributed by atoms with Gasteiger partial charge in [-0.3, -0.25) is 14.4 Å². The summed E-state index contributed by atoms with van der Waals surface area (Å²) < 4.78 is 167. The normalized spacial score (nSPS) is 61.9. The van der Waals surface area contributed by atoms with Gasteiger partial charge in [-0.1, -0.05) is 58.3 Å². The smallest absolute Gasteiger partial charge is 0.308 e. The number of carbonyl (C=O) groups is 3. The number of rotatable bonds is 5. The van der Waals surface area contributed by atoms with E-state index in [-0.39, 0.29) is 18.6 Å². The van der Waals surface area contributed by atoms with E-state index in [9.17, 15) is 22.2 Å². The maximum Gasteiger partial charge on any atom is 0.308 e. The summed E-state index contributed by atoms with van der Waals surface area (Å²) in [4.78, 5) is 40.3. The molecule has 6 aliphatic rings. The van der Waals surface area contributed by atoms with Crippen LogP contribution >= 0.6 is 0 Å². The molecule has 9 atom stereocenters. The van der Waals surface area contributed by atoms with E-state index >= 15 is 0 Å². The van der Waals surface area contributed by atoms with E-state index in [2.05, 4.69) is 0 Å². The number of hydrogen-bond acceptors (Lipinski definition) is 7. The molecule has 5 aliphatic carbocycles. The van der Waals surface area contributed by atoms with Gasteiger partial charge in [-0.05, 0) is 62.4 Å². The molecule has 1 heterocycles. The number of ether oxygens (including phenoxy) is 3. The van der Waals surface area contributed by atoms with Gasteiger partial charge in [0, 0.05) is 45.9 Å². The lowest BCUT2D eigenvalue weighted by Crippen LogP contribution is -2.63. The van der Waals surface area contributed by atoms with Crippen LogP contribution in [0.5, 0.6) is 0 Å². The minimum atomic E-state index is -4.20. The standard InChI is InChI=1S/C32H44O7/c1-18(2)28(36)37-17-25(35)32-26(38-29(39-32)19-8-6-5-7-9-19)15-23-22-11-10-20-14-21(33)12-13-30(20,3)27(22)24(34)16-31(23,32)4/h12-14,18-19,22-24,26-27,29,34H,5-11,15-17H2,1-4H3/t22?,23?,24-,26-,27?,29-,30-,31-,32+/m0/s1/i1D3,2D3,5D2,6D2,7D2,8D2,9D2,19D,29D. The van der Waals surface area contributed by atoms with Crippen LogP contribution in [0.15, 0.2) is 23.8 Å². The third-order valence-electron chi connectivity index (χ3n) is 9.86. The number of aliphatic hydroxyl groups excluding tert-OH is 1. The van der Waals surface area contributed by atoms with Crippen LogP contribution in [0, 0.1) is 40.4 Å². The summed E-state index contributed by atoms with van der Waals surface area (Å²) in [6.07, 6.45) is -22.9. The summed E-state index contributed by atoms with van der Waals surface area (Å²) in [6, 6.07) is 0. The van der Waals surface area contributed by atoms with E-state index in [0.29, 0.717) is 12.8 Å². The van der Waals surface area contributed by atoms with E-state index in [4.69, 9.17) is 36.1 Å². The molecule has 214 valence electrons. The van der Waals surface area contributed by atoms with Crippen LogP contribution in [0.2, 0.25) is 0 Å². The van der Waals surface area contributed by atoms with Crippen molar-refractivity contribution in [1.82, 2.24) is 0 Å². The Kier molecular flexibility index (Phi) is 3.32. The minimum Gasteiger partial charge on any atom is -0.457 e. The molecule has 1 N–H and O–H groups in total. The molecule has 1 saturated heterocycles. The molecule has 0 spiro atoms. The minimum absolute atomic E-state index is 0.244. The van der Waals surface area contributed by atoms with Crippen molar-refractivity contribution in [3.63, 3.8) is 0 Å². The topological polar surface area (TPSA) is 99.1 Å². The second-order valence-electron chi connectivity index (χ2n) is 11.6. The number of carbonyl (C=O) groups excluding carboxylic acids is 3. The predicted octanol–water partition coefficient (Wildman–Crippen LogP) is 4.70. The van der Waals surface area contributed by atoms with Gasteiger partial charge in [-0.15, -0.1) is 0 Å². The van der Waals surface area contributed by atoms with E-state index in [1.54, 1.807) is 6.08 Å². The van der Waals surface area contributed by atoms with Gasteiger partial charge in [-0.2, -0.15) is 0 Å². The number of Topliss-reactive ketones (excluding diaryl/α,β-unsaturated/α-hetero) is 1. The van der Waals surface area contributed by atoms with E-state index < -0.39 is 128 Å². The van der Waals surface area contributed by atoms with Gasteiger partial charge < -0.3 is 19.3 Å². The van der Waals surface area contributed by atoms with Gasteiger partial charge in [0.1, 0.15) is 0 Å². The van der Waals surface area contributed by atoms with Crippen molar-refractivity contribution >= 4 is 17.5 Å². The summed E-state index contributed by atoms with van der Waals surface area (Å²) in [5, 5.41) is 12.1. The number of aliphatic hydroxyl groups is 1. The lowest BCUT2D eigenvalue weighted by Gasteiger charge is -2.59. The second-order valence-corrected chi connectivity index (χ2v) is 11.6. The third kappa shape index (κ3) is 3.97. The molecule has 6 rings (SSSR count). The molecule has 7 nitrogen and oxygen atoms in total. The molecular weight excluding hydrogens is 496 g/mol. The highest BCUT2D eigenvalue weighted by Crippen LogP contribution is 2.70. The van der Waals surface area contributed by atoms with Crippen molar-refractivity contribution in [2.45, 2.75) is 109 Å². The maximum absolute atomic E-state index is 14.8. The van der Waals surface area contributed by atoms with Crippen molar-refractivity contribution in [3.05, 3.63) is 23.8 Å². The number of esters is 1. The summed E-state index contributed by atoms with van der Waals surface area (Å²) in [7, 11) is 0.